The Balaban J connectivity index is 2.24. The van der Waals surface area contributed by atoms with Gasteiger partial charge >= 0.3 is 6.18 Å². The van der Waals surface area contributed by atoms with Crippen LogP contribution in [-0.4, -0.2) is 25.8 Å². The average molecular weight is 445 g/mol. The van der Waals surface area contributed by atoms with Crippen molar-refractivity contribution < 1.29 is 27.4 Å². The highest BCUT2D eigenvalue weighted by atomic mass is 35.5. The first kappa shape index (κ1) is 22.4. The first-order valence-electron chi connectivity index (χ1n) is 7.88. The summed E-state index contributed by atoms with van der Waals surface area (Å²) in [5.41, 5.74) is 0.288. The molecule has 0 unspecified atom stereocenters. The summed E-state index contributed by atoms with van der Waals surface area (Å²) in [6.07, 6.45) is -3.26. The van der Waals surface area contributed by atoms with E-state index in [1.807, 2.05) is 0 Å². The van der Waals surface area contributed by atoms with Gasteiger partial charge in [-0.25, -0.2) is 0 Å². The number of hydrogen-bond acceptors (Lipinski definition) is 4. The minimum atomic E-state index is -4.50. The number of rotatable bonds is 6. The number of carbonyl (C=O) groups is 1. The molecule has 1 amide bonds. The third kappa shape index (κ3) is 6.59. The highest BCUT2D eigenvalue weighted by Gasteiger charge is 2.29. The number of nitrogens with zero attached hydrogens (tertiary/aromatic N) is 1. The minimum Gasteiger partial charge on any atom is -0.493 e. The molecular formula is C19H13Cl2F3N2O3. The van der Waals surface area contributed by atoms with Gasteiger partial charge in [-0.3, -0.25) is 4.79 Å². The average Bonchev–Trinajstić information content (AvgIpc) is 2.66. The summed E-state index contributed by atoms with van der Waals surface area (Å²) in [5, 5.41) is 12.3. The molecular weight excluding hydrogens is 432 g/mol. The molecule has 0 aliphatic rings. The second-order valence-electron chi connectivity index (χ2n) is 5.56. The molecule has 0 atom stereocenters. The predicted molar refractivity (Wildman–Crippen MR) is 103 cm³/mol. The van der Waals surface area contributed by atoms with E-state index in [1.54, 1.807) is 6.07 Å². The van der Waals surface area contributed by atoms with Crippen LogP contribution in [0.5, 0.6) is 11.5 Å². The molecule has 0 saturated heterocycles. The Morgan fingerprint density at radius 2 is 1.93 bits per heavy atom. The number of alkyl halides is 3. The van der Waals surface area contributed by atoms with Gasteiger partial charge in [0.05, 0.1) is 17.8 Å². The fraction of sp³-hybridized carbons (Fsp3) is 0.158. The van der Waals surface area contributed by atoms with Crippen LogP contribution in [-0.2, 0) is 4.79 Å². The maximum Gasteiger partial charge on any atom is 0.422 e. The van der Waals surface area contributed by atoms with E-state index in [4.69, 9.17) is 27.9 Å². The van der Waals surface area contributed by atoms with Gasteiger partial charge in [0.2, 0.25) is 0 Å². The SMILES string of the molecule is COc1cc(/C=C(/C#N)C(=O)Nc2cc(Cl)ccc2Cl)ccc1OCC(F)(F)F. The highest BCUT2D eigenvalue weighted by Crippen LogP contribution is 2.31. The molecule has 2 aromatic rings. The normalized spacial score (nSPS) is 11.6. The first-order valence-corrected chi connectivity index (χ1v) is 8.64. The Morgan fingerprint density at radius 3 is 2.55 bits per heavy atom. The van der Waals surface area contributed by atoms with Gasteiger partial charge in [-0.2, -0.15) is 18.4 Å². The first-order chi connectivity index (χ1) is 13.6. The number of hydrogen-bond donors (Lipinski definition) is 1. The van der Waals surface area contributed by atoms with Gasteiger partial charge in [0.15, 0.2) is 18.1 Å². The van der Waals surface area contributed by atoms with Gasteiger partial charge < -0.3 is 14.8 Å². The maximum atomic E-state index is 12.4. The van der Waals surface area contributed by atoms with Gasteiger partial charge in [-0.15, -0.1) is 0 Å². The van der Waals surface area contributed by atoms with E-state index in [0.717, 1.165) is 0 Å². The van der Waals surface area contributed by atoms with E-state index in [1.165, 1.54) is 49.6 Å². The number of ether oxygens (including phenoxy) is 2. The lowest BCUT2D eigenvalue weighted by atomic mass is 10.1. The predicted octanol–water partition coefficient (Wildman–Crippen LogP) is 5.49. The number of anilines is 1. The zero-order chi connectivity index (χ0) is 21.6. The molecule has 0 saturated carbocycles. The third-order valence-corrected chi connectivity index (χ3v) is 4.00. The van der Waals surface area contributed by atoms with Gasteiger partial charge in [-0.05, 0) is 42.0 Å². The summed E-state index contributed by atoms with van der Waals surface area (Å²) < 4.78 is 46.7. The second kappa shape index (κ2) is 9.54. The van der Waals surface area contributed by atoms with Gasteiger partial charge in [-0.1, -0.05) is 29.3 Å². The van der Waals surface area contributed by atoms with E-state index in [0.29, 0.717) is 10.6 Å². The zero-order valence-electron chi connectivity index (χ0n) is 14.8. The van der Waals surface area contributed by atoms with E-state index in [9.17, 15) is 23.2 Å². The lowest BCUT2D eigenvalue weighted by Crippen LogP contribution is -2.19. The van der Waals surface area contributed by atoms with E-state index >= 15 is 0 Å². The number of methoxy groups -OCH3 is 1. The van der Waals surface area contributed by atoms with Crippen molar-refractivity contribution in [3.05, 3.63) is 57.6 Å². The maximum absolute atomic E-state index is 12.4. The largest absolute Gasteiger partial charge is 0.493 e. The van der Waals surface area contributed by atoms with Crippen molar-refractivity contribution >= 4 is 40.9 Å². The van der Waals surface area contributed by atoms with Gasteiger partial charge in [0.1, 0.15) is 11.6 Å². The van der Waals surface area contributed by atoms with Crippen molar-refractivity contribution in [1.29, 1.82) is 5.26 Å². The molecule has 10 heteroatoms. The third-order valence-electron chi connectivity index (χ3n) is 3.43. The number of nitriles is 1. The van der Waals surface area contributed by atoms with Crippen molar-refractivity contribution in [2.45, 2.75) is 6.18 Å². The van der Waals surface area contributed by atoms with Crippen molar-refractivity contribution in [2.24, 2.45) is 0 Å². The topological polar surface area (TPSA) is 71.3 Å². The summed E-state index contributed by atoms with van der Waals surface area (Å²) in [5.74, 6) is -0.859. The Morgan fingerprint density at radius 1 is 1.21 bits per heavy atom. The summed E-state index contributed by atoms with van der Waals surface area (Å²) in [7, 11) is 1.25. The van der Waals surface area contributed by atoms with Gasteiger partial charge in [0, 0.05) is 5.02 Å². The van der Waals surface area contributed by atoms with Crippen LogP contribution in [0.25, 0.3) is 6.08 Å². The van der Waals surface area contributed by atoms with Crippen molar-refractivity contribution in [1.82, 2.24) is 0 Å². The standard InChI is InChI=1S/C19H13Cl2F3N2O3/c1-28-17-7-11(2-5-16(17)29-10-19(22,23)24)6-12(9-25)18(27)26-15-8-13(20)3-4-14(15)21/h2-8H,10H2,1H3,(H,26,27)/b12-6-. The van der Waals surface area contributed by atoms with E-state index in [2.05, 4.69) is 10.1 Å². The number of benzene rings is 2. The number of halogens is 5. The van der Waals surface area contributed by atoms with Crippen molar-refractivity contribution in [3.63, 3.8) is 0 Å². The molecule has 2 aromatic carbocycles. The van der Waals surface area contributed by atoms with Crippen LogP contribution in [0.4, 0.5) is 18.9 Å². The monoisotopic (exact) mass is 444 g/mol. The molecule has 1 N–H and O–H groups in total. The number of amides is 1. The van der Waals surface area contributed by atoms with Crippen LogP contribution in [0, 0.1) is 11.3 Å². The Labute approximate surface area is 174 Å². The summed E-state index contributed by atoms with van der Waals surface area (Å²) in [6.45, 7) is -1.48. The summed E-state index contributed by atoms with van der Waals surface area (Å²) in [6, 6.07) is 10.2. The molecule has 0 bridgehead atoms. The van der Waals surface area contributed by atoms with Crippen LogP contribution < -0.4 is 14.8 Å². The molecule has 0 aromatic heterocycles. The molecule has 0 radical (unpaired) electrons. The number of carbonyl (C=O) groups excluding carboxylic acids is 1. The van der Waals surface area contributed by atoms with Crippen LogP contribution in [0.3, 0.4) is 0 Å². The molecule has 29 heavy (non-hydrogen) atoms. The van der Waals surface area contributed by atoms with Crippen LogP contribution >= 0.6 is 23.2 Å². The van der Waals surface area contributed by atoms with Crippen LogP contribution in [0.1, 0.15) is 5.56 Å². The molecule has 152 valence electrons. The second-order valence-corrected chi connectivity index (χ2v) is 6.41. The zero-order valence-corrected chi connectivity index (χ0v) is 16.3. The Bertz CT molecular complexity index is 986. The van der Waals surface area contributed by atoms with Crippen LogP contribution in [0.2, 0.25) is 10.0 Å². The van der Waals surface area contributed by atoms with Gasteiger partial charge in [0.25, 0.3) is 5.91 Å². The Hall–Kier alpha value is -2.89. The summed E-state index contributed by atoms with van der Waals surface area (Å²) in [4.78, 5) is 12.4. The molecule has 0 heterocycles. The van der Waals surface area contributed by atoms with E-state index < -0.39 is 18.7 Å². The molecule has 5 nitrogen and oxygen atoms in total. The highest BCUT2D eigenvalue weighted by molar-refractivity contribution is 6.36. The van der Waals surface area contributed by atoms with Crippen molar-refractivity contribution in [3.8, 4) is 17.6 Å². The molecule has 0 spiro atoms. The molecule has 2 rings (SSSR count). The quantitative estimate of drug-likeness (QED) is 0.472. The smallest absolute Gasteiger partial charge is 0.422 e. The lowest BCUT2D eigenvalue weighted by Gasteiger charge is -2.13. The van der Waals surface area contributed by atoms with Crippen molar-refractivity contribution in [2.75, 3.05) is 19.0 Å². The lowest BCUT2D eigenvalue weighted by molar-refractivity contribution is -0.153. The minimum absolute atomic E-state index is 0.0126. The summed E-state index contributed by atoms with van der Waals surface area (Å²) >= 11 is 11.8. The molecule has 0 aliphatic heterocycles. The molecule has 0 fully saturated rings. The van der Waals surface area contributed by atoms with E-state index in [-0.39, 0.29) is 27.8 Å². The molecule has 0 aliphatic carbocycles. The number of nitrogens with one attached hydrogen (secondary N) is 1. The van der Waals surface area contributed by atoms with Crippen LogP contribution in [0.15, 0.2) is 42.0 Å². The fourth-order valence-electron chi connectivity index (χ4n) is 2.15. The fourth-order valence-corrected chi connectivity index (χ4v) is 2.49. The Kier molecular flexibility index (Phi) is 7.37.